The van der Waals surface area contributed by atoms with E-state index in [9.17, 15) is 13.2 Å². The lowest BCUT2D eigenvalue weighted by molar-refractivity contribution is 0.0946. The fourth-order valence-corrected chi connectivity index (χ4v) is 3.33. The molecule has 2 rings (SSSR count). The second-order valence-electron chi connectivity index (χ2n) is 4.94. The van der Waals surface area contributed by atoms with E-state index in [0.29, 0.717) is 17.2 Å². The fraction of sp³-hybridized carbons (Fsp3) is 0.286. The summed E-state index contributed by atoms with van der Waals surface area (Å²) in [5, 5.41) is 5.10. The Labute approximate surface area is 139 Å². The summed E-state index contributed by atoms with van der Waals surface area (Å²) in [5.41, 5.74) is 6.59. The Kier molecular flexibility index (Phi) is 5.47. The Balaban J connectivity index is 2.00. The van der Waals surface area contributed by atoms with Crippen molar-refractivity contribution in [2.45, 2.75) is 18.0 Å². The molecule has 1 aromatic heterocycles. The summed E-state index contributed by atoms with van der Waals surface area (Å²) in [6.45, 7) is 0.594. The molecule has 0 aliphatic rings. The van der Waals surface area contributed by atoms with Crippen molar-refractivity contribution in [1.29, 1.82) is 0 Å². The SMILES string of the molecule is CN(C)S(=O)(=O)c1ccc(CNC(=O)c2csc(CN)n2)cc1. The van der Waals surface area contributed by atoms with Crippen LogP contribution in [-0.4, -0.2) is 37.7 Å². The van der Waals surface area contributed by atoms with Crippen molar-refractivity contribution >= 4 is 27.3 Å². The van der Waals surface area contributed by atoms with Crippen molar-refractivity contribution in [1.82, 2.24) is 14.6 Å². The third-order valence-electron chi connectivity index (χ3n) is 3.11. The van der Waals surface area contributed by atoms with E-state index in [-0.39, 0.29) is 17.3 Å². The largest absolute Gasteiger partial charge is 0.347 e. The van der Waals surface area contributed by atoms with Gasteiger partial charge in [-0.15, -0.1) is 11.3 Å². The Morgan fingerprint density at radius 1 is 1.30 bits per heavy atom. The molecule has 0 unspecified atom stereocenters. The molecule has 1 heterocycles. The molecule has 0 spiro atoms. The van der Waals surface area contributed by atoms with Crippen LogP contribution in [0.3, 0.4) is 0 Å². The highest BCUT2D eigenvalue weighted by atomic mass is 32.2. The van der Waals surface area contributed by atoms with Crippen molar-refractivity contribution in [3.8, 4) is 0 Å². The van der Waals surface area contributed by atoms with Gasteiger partial charge in [0.2, 0.25) is 10.0 Å². The molecule has 2 aromatic rings. The van der Waals surface area contributed by atoms with Gasteiger partial charge in [0, 0.05) is 32.6 Å². The molecular weight excluding hydrogens is 336 g/mol. The number of rotatable bonds is 6. The quantitative estimate of drug-likeness (QED) is 0.797. The lowest BCUT2D eigenvalue weighted by Gasteiger charge is -2.11. The van der Waals surface area contributed by atoms with Gasteiger partial charge in [0.25, 0.3) is 5.91 Å². The maximum absolute atomic E-state index is 12.0. The van der Waals surface area contributed by atoms with Crippen molar-refractivity contribution in [3.63, 3.8) is 0 Å². The number of sulfonamides is 1. The van der Waals surface area contributed by atoms with Crippen LogP contribution in [0.15, 0.2) is 34.5 Å². The fourth-order valence-electron chi connectivity index (χ4n) is 1.77. The van der Waals surface area contributed by atoms with E-state index >= 15 is 0 Å². The number of aromatic nitrogens is 1. The Bertz CT molecular complexity index is 783. The van der Waals surface area contributed by atoms with Gasteiger partial charge in [-0.2, -0.15) is 0 Å². The molecule has 0 radical (unpaired) electrons. The Hall–Kier alpha value is -1.81. The van der Waals surface area contributed by atoms with Gasteiger partial charge < -0.3 is 11.1 Å². The number of thiazole rings is 1. The molecular formula is C14H18N4O3S2. The lowest BCUT2D eigenvalue weighted by Crippen LogP contribution is -2.24. The van der Waals surface area contributed by atoms with Gasteiger partial charge in [-0.3, -0.25) is 4.79 Å². The van der Waals surface area contributed by atoms with Crippen LogP contribution >= 0.6 is 11.3 Å². The van der Waals surface area contributed by atoms with E-state index in [2.05, 4.69) is 10.3 Å². The molecule has 0 saturated heterocycles. The molecule has 0 aliphatic carbocycles. The number of benzene rings is 1. The molecule has 9 heteroatoms. The van der Waals surface area contributed by atoms with Gasteiger partial charge in [-0.05, 0) is 17.7 Å². The number of nitrogens with two attached hydrogens (primary N) is 1. The van der Waals surface area contributed by atoms with Crippen molar-refractivity contribution in [3.05, 3.63) is 45.9 Å². The summed E-state index contributed by atoms with van der Waals surface area (Å²) in [4.78, 5) is 16.3. The van der Waals surface area contributed by atoms with E-state index in [4.69, 9.17) is 5.73 Å². The highest BCUT2D eigenvalue weighted by Gasteiger charge is 2.16. The van der Waals surface area contributed by atoms with Crippen LogP contribution in [0.25, 0.3) is 0 Å². The summed E-state index contributed by atoms with van der Waals surface area (Å²) in [7, 11) is -0.484. The first kappa shape index (κ1) is 17.5. The number of carbonyl (C=O) groups excluding carboxylic acids is 1. The average molecular weight is 354 g/mol. The predicted molar refractivity (Wildman–Crippen MR) is 88.5 cm³/mol. The number of hydrogen-bond acceptors (Lipinski definition) is 6. The van der Waals surface area contributed by atoms with Crippen molar-refractivity contribution in [2.24, 2.45) is 5.73 Å². The monoisotopic (exact) mass is 354 g/mol. The van der Waals surface area contributed by atoms with E-state index in [0.717, 1.165) is 9.87 Å². The van der Waals surface area contributed by atoms with Gasteiger partial charge in [0.05, 0.1) is 4.90 Å². The van der Waals surface area contributed by atoms with E-state index in [1.54, 1.807) is 17.5 Å². The molecule has 0 fully saturated rings. The zero-order chi connectivity index (χ0) is 17.0. The highest BCUT2D eigenvalue weighted by Crippen LogP contribution is 2.14. The third kappa shape index (κ3) is 4.14. The van der Waals surface area contributed by atoms with Gasteiger partial charge >= 0.3 is 0 Å². The van der Waals surface area contributed by atoms with Crippen molar-refractivity contribution in [2.75, 3.05) is 14.1 Å². The zero-order valence-electron chi connectivity index (χ0n) is 12.8. The van der Waals surface area contributed by atoms with Crippen LogP contribution in [0.1, 0.15) is 21.1 Å². The number of amides is 1. The van der Waals surface area contributed by atoms with Crippen LogP contribution in [0.5, 0.6) is 0 Å². The molecule has 124 valence electrons. The van der Waals surface area contributed by atoms with Crippen molar-refractivity contribution < 1.29 is 13.2 Å². The smallest absolute Gasteiger partial charge is 0.271 e. The lowest BCUT2D eigenvalue weighted by atomic mass is 10.2. The topological polar surface area (TPSA) is 105 Å². The summed E-state index contributed by atoms with van der Waals surface area (Å²) in [6, 6.07) is 6.38. The summed E-state index contributed by atoms with van der Waals surface area (Å²) >= 11 is 1.34. The van der Waals surface area contributed by atoms with E-state index < -0.39 is 10.0 Å². The molecule has 1 amide bonds. The summed E-state index contributed by atoms with van der Waals surface area (Å²) < 4.78 is 25.1. The van der Waals surface area contributed by atoms with Crippen LogP contribution in [-0.2, 0) is 23.1 Å². The Morgan fingerprint density at radius 3 is 2.48 bits per heavy atom. The van der Waals surface area contributed by atoms with E-state index in [1.807, 2.05) is 0 Å². The minimum Gasteiger partial charge on any atom is -0.347 e. The predicted octanol–water partition coefficient (Wildman–Crippen LogP) is 0.782. The summed E-state index contributed by atoms with van der Waals surface area (Å²) in [5.74, 6) is -0.286. The maximum Gasteiger partial charge on any atom is 0.271 e. The highest BCUT2D eigenvalue weighted by molar-refractivity contribution is 7.89. The molecule has 23 heavy (non-hydrogen) atoms. The van der Waals surface area contributed by atoms with E-state index in [1.165, 1.54) is 37.6 Å². The minimum atomic E-state index is -3.44. The first-order valence-corrected chi connectivity index (χ1v) is 9.10. The van der Waals surface area contributed by atoms with Gasteiger partial charge in [-0.1, -0.05) is 12.1 Å². The van der Waals surface area contributed by atoms with Gasteiger partial charge in [-0.25, -0.2) is 17.7 Å². The van der Waals surface area contributed by atoms with Crippen LogP contribution < -0.4 is 11.1 Å². The standard InChI is InChI=1S/C14H18N4O3S2/c1-18(2)23(20,21)11-5-3-10(4-6-11)8-16-14(19)12-9-22-13(7-15)17-12/h3-6,9H,7-8,15H2,1-2H3,(H,16,19). The molecule has 1 aromatic carbocycles. The average Bonchev–Trinajstić information content (AvgIpc) is 3.02. The first-order valence-electron chi connectivity index (χ1n) is 6.78. The molecule has 0 bridgehead atoms. The van der Waals surface area contributed by atoms with Crippen LogP contribution in [0, 0.1) is 0 Å². The Morgan fingerprint density at radius 2 is 1.96 bits per heavy atom. The molecule has 0 saturated carbocycles. The zero-order valence-corrected chi connectivity index (χ0v) is 14.4. The normalized spacial score (nSPS) is 11.7. The van der Waals surface area contributed by atoms with Gasteiger partial charge in [0.15, 0.2) is 0 Å². The molecule has 0 atom stereocenters. The number of nitrogens with zero attached hydrogens (tertiary/aromatic N) is 2. The number of nitrogens with one attached hydrogen (secondary N) is 1. The molecule has 3 N–H and O–H groups in total. The second-order valence-corrected chi connectivity index (χ2v) is 8.04. The maximum atomic E-state index is 12.0. The number of hydrogen-bond donors (Lipinski definition) is 2. The second kappa shape index (κ2) is 7.18. The summed E-state index contributed by atoms with van der Waals surface area (Å²) in [6.07, 6.45) is 0. The minimum absolute atomic E-state index is 0.213. The molecule has 7 nitrogen and oxygen atoms in total. The van der Waals surface area contributed by atoms with Crippen LogP contribution in [0.4, 0.5) is 0 Å². The molecule has 0 aliphatic heterocycles. The van der Waals surface area contributed by atoms with Crippen LogP contribution in [0.2, 0.25) is 0 Å². The van der Waals surface area contributed by atoms with Gasteiger partial charge in [0.1, 0.15) is 10.7 Å². The first-order chi connectivity index (χ1) is 10.8. The number of carbonyl (C=O) groups is 1. The third-order valence-corrected chi connectivity index (χ3v) is 5.81.